The van der Waals surface area contributed by atoms with Gasteiger partial charge in [0.25, 0.3) is 0 Å². The molecule has 2 aliphatic rings. The molecule has 0 radical (unpaired) electrons. The number of thioether (sulfide) groups is 1. The normalized spacial score (nSPS) is 18.2. The minimum atomic E-state index is 0.493. The maximum Gasteiger partial charge on any atom is 0.119 e. The Morgan fingerprint density at radius 2 is 1.69 bits per heavy atom. The third-order valence-electron chi connectivity index (χ3n) is 6.00. The lowest BCUT2D eigenvalue weighted by molar-refractivity contribution is 0.415. The molecule has 0 bridgehead atoms. The van der Waals surface area contributed by atoms with Gasteiger partial charge in [0.15, 0.2) is 0 Å². The molecule has 1 fully saturated rings. The van der Waals surface area contributed by atoms with E-state index in [9.17, 15) is 0 Å². The van der Waals surface area contributed by atoms with Crippen LogP contribution < -0.4 is 14.5 Å². The Morgan fingerprint density at radius 1 is 0.931 bits per heavy atom. The molecule has 5 rings (SSSR count). The maximum atomic E-state index is 5.34. The summed E-state index contributed by atoms with van der Waals surface area (Å²) < 4.78 is 5.34. The molecule has 29 heavy (non-hydrogen) atoms. The largest absolute Gasteiger partial charge is 0.497 e. The number of benzene rings is 3. The first kappa shape index (κ1) is 18.4. The van der Waals surface area contributed by atoms with Gasteiger partial charge in [0.1, 0.15) is 5.75 Å². The van der Waals surface area contributed by atoms with E-state index in [0.717, 1.165) is 24.6 Å². The van der Waals surface area contributed by atoms with E-state index in [1.54, 1.807) is 7.11 Å². The van der Waals surface area contributed by atoms with E-state index in [1.165, 1.54) is 40.4 Å². The van der Waals surface area contributed by atoms with Crippen molar-refractivity contribution >= 4 is 28.8 Å². The summed E-state index contributed by atoms with van der Waals surface area (Å²) in [6.45, 7) is 2.11. The Balaban J connectivity index is 1.48. The molecule has 148 valence electrons. The van der Waals surface area contributed by atoms with Crippen molar-refractivity contribution in [1.29, 1.82) is 0 Å². The second-order valence-electron chi connectivity index (χ2n) is 7.68. The van der Waals surface area contributed by atoms with Crippen LogP contribution in [0.3, 0.4) is 0 Å². The topological polar surface area (TPSA) is 15.7 Å². The Hall–Kier alpha value is -2.59. The first-order valence-electron chi connectivity index (χ1n) is 10.3. The van der Waals surface area contributed by atoms with E-state index in [0.29, 0.717) is 6.04 Å². The summed E-state index contributed by atoms with van der Waals surface area (Å²) >= 11 is 1.95. The standard InChI is InChI=1S/C25H26N2OS/c1-28-22-14-12-20(13-15-22)26-16-6-8-21(26)17-27-23-9-3-2-7-19(23)18-29-25-11-5-4-10-24(25)27/h2-5,7,9-15,21H,6,8,16-18H2,1H3/t21-/m0/s1. The summed E-state index contributed by atoms with van der Waals surface area (Å²) in [7, 11) is 1.72. The fraction of sp³-hybridized carbons (Fsp3) is 0.280. The van der Waals surface area contributed by atoms with Crippen molar-refractivity contribution in [2.75, 3.05) is 30.0 Å². The van der Waals surface area contributed by atoms with Crippen LogP contribution in [0.4, 0.5) is 17.1 Å². The summed E-state index contributed by atoms with van der Waals surface area (Å²) in [4.78, 5) is 6.50. The number of methoxy groups -OCH3 is 1. The van der Waals surface area contributed by atoms with Crippen molar-refractivity contribution < 1.29 is 4.74 Å². The van der Waals surface area contributed by atoms with Crippen molar-refractivity contribution in [2.45, 2.75) is 29.5 Å². The van der Waals surface area contributed by atoms with Crippen molar-refractivity contribution in [3.8, 4) is 5.75 Å². The van der Waals surface area contributed by atoms with Crippen molar-refractivity contribution in [3.63, 3.8) is 0 Å². The van der Waals surface area contributed by atoms with Crippen molar-refractivity contribution in [3.05, 3.63) is 78.4 Å². The smallest absolute Gasteiger partial charge is 0.119 e. The fourth-order valence-electron chi connectivity index (χ4n) is 4.53. The highest BCUT2D eigenvalue weighted by Gasteiger charge is 2.30. The molecular formula is C25H26N2OS. The number of hydrogen-bond acceptors (Lipinski definition) is 4. The van der Waals surface area contributed by atoms with E-state index in [2.05, 4.69) is 82.6 Å². The molecule has 0 spiro atoms. The van der Waals surface area contributed by atoms with E-state index >= 15 is 0 Å². The minimum absolute atomic E-state index is 0.493. The van der Waals surface area contributed by atoms with Gasteiger partial charge in [-0.3, -0.25) is 0 Å². The molecule has 3 aromatic carbocycles. The van der Waals surface area contributed by atoms with E-state index in [4.69, 9.17) is 4.74 Å². The van der Waals surface area contributed by atoms with E-state index in [1.807, 2.05) is 11.8 Å². The molecule has 0 unspecified atom stereocenters. The monoisotopic (exact) mass is 402 g/mol. The molecule has 2 heterocycles. The lowest BCUT2D eigenvalue weighted by atomic mass is 10.1. The number of para-hydroxylation sites is 2. The molecule has 4 heteroatoms. The number of nitrogens with zero attached hydrogens (tertiary/aromatic N) is 2. The molecule has 1 saturated heterocycles. The van der Waals surface area contributed by atoms with Crippen LogP contribution >= 0.6 is 11.8 Å². The van der Waals surface area contributed by atoms with Crippen molar-refractivity contribution in [2.24, 2.45) is 0 Å². The van der Waals surface area contributed by atoms with Gasteiger partial charge < -0.3 is 14.5 Å². The van der Waals surface area contributed by atoms with Gasteiger partial charge in [-0.2, -0.15) is 0 Å². The lowest BCUT2D eigenvalue weighted by Crippen LogP contribution is -2.39. The number of fused-ring (bicyclic) bond motifs is 2. The number of hydrogen-bond donors (Lipinski definition) is 0. The summed E-state index contributed by atoms with van der Waals surface area (Å²) in [5.74, 6) is 1.94. The SMILES string of the molecule is COc1ccc(N2CCC[C@H]2CN2c3ccccc3CSc3ccccc32)cc1. The van der Waals surface area contributed by atoms with Crippen LogP contribution in [0.5, 0.6) is 5.75 Å². The predicted molar refractivity (Wildman–Crippen MR) is 123 cm³/mol. The zero-order valence-corrected chi connectivity index (χ0v) is 17.6. The lowest BCUT2D eigenvalue weighted by Gasteiger charge is -2.34. The van der Waals surface area contributed by atoms with Crippen LogP contribution in [0.1, 0.15) is 18.4 Å². The average molecular weight is 403 g/mol. The molecule has 0 saturated carbocycles. The van der Waals surface area contributed by atoms with Crippen molar-refractivity contribution in [1.82, 2.24) is 0 Å². The van der Waals surface area contributed by atoms with Crippen LogP contribution in [0.2, 0.25) is 0 Å². The Labute approximate surface area is 177 Å². The van der Waals surface area contributed by atoms with Gasteiger partial charge in [0.2, 0.25) is 0 Å². The fourth-order valence-corrected chi connectivity index (χ4v) is 5.59. The van der Waals surface area contributed by atoms with E-state index in [-0.39, 0.29) is 0 Å². The molecule has 0 aliphatic carbocycles. The molecule has 3 nitrogen and oxygen atoms in total. The quantitative estimate of drug-likeness (QED) is 0.523. The minimum Gasteiger partial charge on any atom is -0.497 e. The Kier molecular flexibility index (Phi) is 5.11. The molecular weight excluding hydrogens is 376 g/mol. The number of ether oxygens (including phenoxy) is 1. The van der Waals surface area contributed by atoms with Gasteiger partial charge in [-0.1, -0.05) is 30.3 Å². The molecule has 0 N–H and O–H groups in total. The highest BCUT2D eigenvalue weighted by molar-refractivity contribution is 7.98. The van der Waals surface area contributed by atoms with Crippen LogP contribution in [0.25, 0.3) is 0 Å². The molecule has 3 aromatic rings. The second kappa shape index (κ2) is 8.03. The molecule has 0 aromatic heterocycles. The first-order valence-corrected chi connectivity index (χ1v) is 11.3. The van der Waals surface area contributed by atoms with Gasteiger partial charge in [-0.15, -0.1) is 11.8 Å². The molecule has 0 amide bonds. The van der Waals surface area contributed by atoms with Gasteiger partial charge in [-0.25, -0.2) is 0 Å². The van der Waals surface area contributed by atoms with Crippen LogP contribution in [-0.4, -0.2) is 26.2 Å². The third-order valence-corrected chi connectivity index (χ3v) is 7.11. The Bertz CT molecular complexity index is 941. The summed E-state index contributed by atoms with van der Waals surface area (Å²) in [5.41, 5.74) is 5.40. The number of anilines is 3. The van der Waals surface area contributed by atoms with E-state index < -0.39 is 0 Å². The highest BCUT2D eigenvalue weighted by Crippen LogP contribution is 2.43. The van der Waals surface area contributed by atoms with Crippen LogP contribution in [0.15, 0.2) is 77.7 Å². The highest BCUT2D eigenvalue weighted by atomic mass is 32.2. The molecule has 2 aliphatic heterocycles. The van der Waals surface area contributed by atoms with Gasteiger partial charge >= 0.3 is 0 Å². The predicted octanol–water partition coefficient (Wildman–Crippen LogP) is 6.11. The van der Waals surface area contributed by atoms with Crippen LogP contribution in [0, 0.1) is 0 Å². The third kappa shape index (κ3) is 3.58. The van der Waals surface area contributed by atoms with Gasteiger partial charge in [0.05, 0.1) is 12.8 Å². The zero-order valence-electron chi connectivity index (χ0n) is 16.8. The second-order valence-corrected chi connectivity index (χ2v) is 8.70. The Morgan fingerprint density at radius 3 is 2.52 bits per heavy atom. The molecule has 1 atom stereocenters. The summed E-state index contributed by atoms with van der Waals surface area (Å²) in [6, 6.07) is 26.7. The average Bonchev–Trinajstić information content (AvgIpc) is 3.18. The number of rotatable bonds is 4. The summed E-state index contributed by atoms with van der Waals surface area (Å²) in [5, 5.41) is 0. The zero-order chi connectivity index (χ0) is 19.6. The maximum absolute atomic E-state index is 5.34. The summed E-state index contributed by atoms with van der Waals surface area (Å²) in [6.07, 6.45) is 2.46. The van der Waals surface area contributed by atoms with Gasteiger partial charge in [-0.05, 0) is 60.9 Å². The van der Waals surface area contributed by atoms with Gasteiger partial charge in [0, 0.05) is 41.2 Å². The van der Waals surface area contributed by atoms with Crippen LogP contribution in [-0.2, 0) is 5.75 Å². The first-order chi connectivity index (χ1) is 14.3.